The van der Waals surface area contributed by atoms with E-state index in [1.54, 1.807) is 22.3 Å². The molecule has 2 aromatic heterocycles. The third-order valence-electron chi connectivity index (χ3n) is 2.19. The quantitative estimate of drug-likeness (QED) is 0.844. The first-order valence-corrected chi connectivity index (χ1v) is 5.61. The number of hydrogen-bond donors (Lipinski definition) is 1. The van der Waals surface area contributed by atoms with Crippen LogP contribution in [-0.4, -0.2) is 19.7 Å². The zero-order valence-electron chi connectivity index (χ0n) is 8.71. The van der Waals surface area contributed by atoms with Crippen LogP contribution in [0.2, 0.25) is 0 Å². The molecule has 2 rings (SSSR count). The van der Waals surface area contributed by atoms with E-state index in [9.17, 15) is 0 Å². The molecule has 0 fully saturated rings. The normalized spacial score (nSPS) is 12.9. The maximum absolute atomic E-state index is 4.25. The molecule has 0 aliphatic carbocycles. The second-order valence-corrected chi connectivity index (χ2v) is 4.20. The highest BCUT2D eigenvalue weighted by Crippen LogP contribution is 2.14. The summed E-state index contributed by atoms with van der Waals surface area (Å²) in [6.07, 6.45) is 3.38. The molecule has 1 unspecified atom stereocenters. The van der Waals surface area contributed by atoms with Crippen molar-refractivity contribution in [2.45, 2.75) is 19.5 Å². The highest BCUT2D eigenvalue weighted by Gasteiger charge is 2.08. The van der Waals surface area contributed by atoms with Crippen LogP contribution >= 0.6 is 11.3 Å². The van der Waals surface area contributed by atoms with Crippen molar-refractivity contribution < 1.29 is 0 Å². The Morgan fingerprint density at radius 2 is 2.40 bits per heavy atom. The first kappa shape index (κ1) is 10.3. The largest absolute Gasteiger partial charge is 0.301 e. The van der Waals surface area contributed by atoms with Gasteiger partial charge in [0.15, 0.2) is 0 Å². The summed E-state index contributed by atoms with van der Waals surface area (Å²) in [5.41, 5.74) is 0. The second kappa shape index (κ2) is 4.50. The molecule has 0 aromatic carbocycles. The minimum Gasteiger partial charge on any atom is -0.301 e. The number of rotatable bonds is 4. The SMILES string of the molecule is CC(NCc1ncnn1C)c1nccs1. The van der Waals surface area contributed by atoms with Crippen LogP contribution in [0.15, 0.2) is 17.9 Å². The standard InChI is InChI=1S/C9H13N5S/c1-7(9-10-3-4-15-9)11-5-8-12-6-13-14(8)2/h3-4,6-7,11H,5H2,1-2H3. The lowest BCUT2D eigenvalue weighted by molar-refractivity contribution is 0.538. The molecule has 2 aromatic rings. The summed E-state index contributed by atoms with van der Waals surface area (Å²) in [6.45, 7) is 2.80. The Labute approximate surface area is 92.2 Å². The van der Waals surface area contributed by atoms with Gasteiger partial charge in [-0.2, -0.15) is 5.10 Å². The number of nitrogens with zero attached hydrogens (tertiary/aromatic N) is 4. The van der Waals surface area contributed by atoms with Gasteiger partial charge in [-0.15, -0.1) is 11.3 Å². The summed E-state index contributed by atoms with van der Waals surface area (Å²) in [5.74, 6) is 0.929. The summed E-state index contributed by atoms with van der Waals surface area (Å²) in [6, 6.07) is 0.252. The third-order valence-corrected chi connectivity index (χ3v) is 3.15. The van der Waals surface area contributed by atoms with E-state index >= 15 is 0 Å². The molecule has 0 saturated heterocycles. The molecule has 0 spiro atoms. The lowest BCUT2D eigenvalue weighted by atomic mass is 10.3. The molecule has 0 radical (unpaired) electrons. The highest BCUT2D eigenvalue weighted by molar-refractivity contribution is 7.09. The molecule has 0 aliphatic heterocycles. The lowest BCUT2D eigenvalue weighted by Crippen LogP contribution is -2.20. The van der Waals surface area contributed by atoms with Gasteiger partial charge >= 0.3 is 0 Å². The Bertz CT molecular complexity index is 408. The van der Waals surface area contributed by atoms with Crippen LogP contribution in [0.4, 0.5) is 0 Å². The van der Waals surface area contributed by atoms with Crippen LogP contribution in [0, 0.1) is 0 Å². The van der Waals surface area contributed by atoms with Crippen molar-refractivity contribution in [3.05, 3.63) is 28.7 Å². The molecule has 0 amide bonds. The van der Waals surface area contributed by atoms with Gasteiger partial charge < -0.3 is 5.32 Å². The van der Waals surface area contributed by atoms with Crippen molar-refractivity contribution in [1.82, 2.24) is 25.1 Å². The van der Waals surface area contributed by atoms with E-state index in [0.29, 0.717) is 6.54 Å². The molecule has 5 nitrogen and oxygen atoms in total. The van der Waals surface area contributed by atoms with E-state index in [1.807, 2.05) is 18.6 Å². The lowest BCUT2D eigenvalue weighted by Gasteiger charge is -2.09. The van der Waals surface area contributed by atoms with Crippen molar-refractivity contribution in [2.75, 3.05) is 0 Å². The van der Waals surface area contributed by atoms with E-state index in [0.717, 1.165) is 10.8 Å². The van der Waals surface area contributed by atoms with E-state index in [2.05, 4.69) is 27.3 Å². The van der Waals surface area contributed by atoms with Crippen LogP contribution in [0.3, 0.4) is 0 Å². The smallest absolute Gasteiger partial charge is 0.140 e. The molecule has 2 heterocycles. The summed E-state index contributed by atoms with van der Waals surface area (Å²) >= 11 is 1.66. The number of nitrogens with one attached hydrogen (secondary N) is 1. The summed E-state index contributed by atoms with van der Waals surface area (Å²) in [4.78, 5) is 8.39. The molecule has 0 saturated carbocycles. The fourth-order valence-electron chi connectivity index (χ4n) is 1.26. The van der Waals surface area contributed by atoms with Crippen LogP contribution in [0.1, 0.15) is 23.8 Å². The van der Waals surface area contributed by atoms with Gasteiger partial charge in [0, 0.05) is 18.6 Å². The summed E-state index contributed by atoms with van der Waals surface area (Å²) in [7, 11) is 1.89. The van der Waals surface area contributed by atoms with E-state index in [-0.39, 0.29) is 6.04 Å². The van der Waals surface area contributed by atoms with Crippen LogP contribution < -0.4 is 5.32 Å². The first-order valence-electron chi connectivity index (χ1n) is 4.73. The van der Waals surface area contributed by atoms with E-state index < -0.39 is 0 Å². The molecule has 1 N–H and O–H groups in total. The maximum atomic E-state index is 4.25. The fourth-order valence-corrected chi connectivity index (χ4v) is 1.93. The van der Waals surface area contributed by atoms with E-state index in [4.69, 9.17) is 0 Å². The highest BCUT2D eigenvalue weighted by atomic mass is 32.1. The van der Waals surface area contributed by atoms with Crippen molar-refractivity contribution in [3.63, 3.8) is 0 Å². The third kappa shape index (κ3) is 2.40. The first-order chi connectivity index (χ1) is 7.27. The van der Waals surface area contributed by atoms with Crippen molar-refractivity contribution >= 4 is 11.3 Å². The predicted octanol–water partition coefficient (Wildman–Crippen LogP) is 1.12. The Morgan fingerprint density at radius 1 is 1.53 bits per heavy atom. The summed E-state index contributed by atoms with van der Waals surface area (Å²) < 4.78 is 1.77. The van der Waals surface area contributed by atoms with Crippen LogP contribution in [0.25, 0.3) is 0 Å². The van der Waals surface area contributed by atoms with Crippen molar-refractivity contribution in [1.29, 1.82) is 0 Å². The second-order valence-electron chi connectivity index (χ2n) is 3.27. The van der Waals surface area contributed by atoms with Gasteiger partial charge in [0.2, 0.25) is 0 Å². The van der Waals surface area contributed by atoms with E-state index in [1.165, 1.54) is 0 Å². The topological polar surface area (TPSA) is 55.6 Å². The maximum Gasteiger partial charge on any atom is 0.140 e. The fraction of sp³-hybridized carbons (Fsp3) is 0.444. The molecular weight excluding hydrogens is 210 g/mol. The Morgan fingerprint density at radius 3 is 3.00 bits per heavy atom. The zero-order chi connectivity index (χ0) is 10.7. The average Bonchev–Trinajstić information content (AvgIpc) is 2.85. The van der Waals surface area contributed by atoms with Crippen LogP contribution in [0.5, 0.6) is 0 Å². The predicted molar refractivity (Wildman–Crippen MR) is 58.4 cm³/mol. The van der Waals surface area contributed by atoms with Gasteiger partial charge in [-0.05, 0) is 6.92 Å². The van der Waals surface area contributed by atoms with Gasteiger partial charge in [0.25, 0.3) is 0 Å². The Kier molecular flexibility index (Phi) is 3.08. The number of aryl methyl sites for hydroxylation is 1. The Hall–Kier alpha value is -1.27. The zero-order valence-corrected chi connectivity index (χ0v) is 9.53. The van der Waals surface area contributed by atoms with Crippen molar-refractivity contribution in [2.24, 2.45) is 7.05 Å². The number of hydrogen-bond acceptors (Lipinski definition) is 5. The average molecular weight is 223 g/mol. The molecule has 6 heteroatoms. The van der Waals surface area contributed by atoms with Gasteiger partial charge in [0.1, 0.15) is 17.2 Å². The van der Waals surface area contributed by atoms with Crippen LogP contribution in [-0.2, 0) is 13.6 Å². The van der Waals surface area contributed by atoms with Crippen molar-refractivity contribution in [3.8, 4) is 0 Å². The molecule has 15 heavy (non-hydrogen) atoms. The molecule has 1 atom stereocenters. The minimum atomic E-state index is 0.252. The van der Waals surface area contributed by atoms with Gasteiger partial charge in [-0.25, -0.2) is 9.97 Å². The molecule has 0 aliphatic rings. The van der Waals surface area contributed by atoms with Gasteiger partial charge in [0.05, 0.1) is 12.6 Å². The van der Waals surface area contributed by atoms with Gasteiger partial charge in [-0.1, -0.05) is 0 Å². The Balaban J connectivity index is 1.91. The molecule has 0 bridgehead atoms. The van der Waals surface area contributed by atoms with Gasteiger partial charge in [-0.3, -0.25) is 4.68 Å². The molecular formula is C9H13N5S. The number of thiazole rings is 1. The molecule has 80 valence electrons. The number of aromatic nitrogens is 4. The summed E-state index contributed by atoms with van der Waals surface area (Å²) in [5, 5.41) is 10.4. The monoisotopic (exact) mass is 223 g/mol. The minimum absolute atomic E-state index is 0.252.